The lowest BCUT2D eigenvalue weighted by Gasteiger charge is -2.44. The first kappa shape index (κ1) is 31.0. The summed E-state index contributed by atoms with van der Waals surface area (Å²) in [7, 11) is -8.01. The number of benzene rings is 2. The highest BCUT2D eigenvalue weighted by molar-refractivity contribution is 7.92. The normalized spacial score (nSPS) is 28.2. The number of hydrogen-bond donors (Lipinski definition) is 0. The number of amides is 2. The van der Waals surface area contributed by atoms with Gasteiger partial charge in [-0.25, -0.2) is 30.4 Å². The maximum absolute atomic E-state index is 15.0. The van der Waals surface area contributed by atoms with Crippen molar-refractivity contribution >= 4 is 25.7 Å². The number of rotatable bonds is 3. The molecule has 4 aliphatic rings. The number of carbonyl (C=O) groups is 1. The third-order valence-corrected chi connectivity index (χ3v) is 14.2. The lowest BCUT2D eigenvalue weighted by molar-refractivity contribution is -0.348. The summed E-state index contributed by atoms with van der Waals surface area (Å²) in [6, 6.07) is 2.63. The van der Waals surface area contributed by atoms with Crippen LogP contribution in [0.3, 0.4) is 0 Å². The van der Waals surface area contributed by atoms with E-state index >= 15 is 0 Å². The smallest absolute Gasteiger partial charge is 0.320 e. The van der Waals surface area contributed by atoms with Crippen LogP contribution in [-0.2, 0) is 36.5 Å². The Morgan fingerprint density at radius 1 is 0.932 bits per heavy atom. The van der Waals surface area contributed by atoms with Crippen molar-refractivity contribution in [1.29, 1.82) is 0 Å². The minimum atomic E-state index is -6.38. The molecule has 2 aromatic carbocycles. The van der Waals surface area contributed by atoms with Gasteiger partial charge in [0.05, 0.1) is 21.9 Å². The van der Waals surface area contributed by atoms with Crippen molar-refractivity contribution in [3.63, 3.8) is 0 Å². The number of halogens is 8. The molecule has 3 fully saturated rings. The number of hydrogen-bond acceptors (Lipinski definition) is 5. The number of aryl methyl sites for hydroxylation is 1. The molecule has 7 nitrogen and oxygen atoms in total. The average Bonchev–Trinajstić information content (AvgIpc) is 3.61. The average molecular weight is 673 g/mol. The quantitative estimate of drug-likeness (QED) is 0.346. The van der Waals surface area contributed by atoms with Crippen molar-refractivity contribution in [2.45, 2.75) is 70.7 Å². The van der Waals surface area contributed by atoms with Gasteiger partial charge in [0.1, 0.15) is 10.6 Å². The summed E-state index contributed by atoms with van der Waals surface area (Å²) in [5.41, 5.74) is -7.94. The van der Waals surface area contributed by atoms with E-state index in [1.54, 1.807) is 0 Å². The topological polar surface area (TPSA) is 91.8 Å². The maximum Gasteiger partial charge on any atom is 0.435 e. The monoisotopic (exact) mass is 672 g/mol. The van der Waals surface area contributed by atoms with Crippen LogP contribution in [0.15, 0.2) is 47.4 Å². The Labute approximate surface area is 246 Å². The molecule has 2 bridgehead atoms. The van der Waals surface area contributed by atoms with E-state index in [-0.39, 0.29) is 61.7 Å². The standard InChI is InChI=1S/C27H24F8N2O5S2/c28-17-3-5-19(6-4-17)44(41,42)24-9-10-36(23(38)37-13-20-12-18(37)14-43(20,39)40)22(24)8-1-15-11-16(2-7-21(15)24)25(29,26(30,31)32)27(33,34)35/h2-7,11,18,20,22H,1,8-10,12-14H2/t18-,20-,22-,24-/m1/s1. The number of nitrogens with zero attached hydrogens (tertiary/aromatic N) is 2. The molecule has 0 unspecified atom stereocenters. The van der Waals surface area contributed by atoms with Gasteiger partial charge in [-0.05, 0) is 61.1 Å². The summed E-state index contributed by atoms with van der Waals surface area (Å²) in [6.07, 6.45) is -13.4. The van der Waals surface area contributed by atoms with Gasteiger partial charge in [0.2, 0.25) is 0 Å². The van der Waals surface area contributed by atoms with E-state index in [4.69, 9.17) is 0 Å². The summed E-state index contributed by atoms with van der Waals surface area (Å²) >= 11 is 0. The molecular formula is C27H24F8N2O5S2. The minimum Gasteiger partial charge on any atom is -0.320 e. The van der Waals surface area contributed by atoms with E-state index in [9.17, 15) is 56.8 Å². The molecule has 6 rings (SSSR count). The molecule has 2 aromatic rings. The van der Waals surface area contributed by atoms with Crippen molar-refractivity contribution in [1.82, 2.24) is 9.80 Å². The Morgan fingerprint density at radius 2 is 1.57 bits per heavy atom. The Kier molecular flexibility index (Phi) is 6.73. The number of fused-ring (bicyclic) bond motifs is 5. The summed E-state index contributed by atoms with van der Waals surface area (Å²) in [5, 5.41) is -0.763. The molecule has 0 saturated carbocycles. The van der Waals surface area contributed by atoms with Crippen LogP contribution in [0.5, 0.6) is 0 Å². The van der Waals surface area contributed by atoms with Crippen LogP contribution in [0, 0.1) is 5.82 Å². The van der Waals surface area contributed by atoms with Crippen LogP contribution in [0.25, 0.3) is 0 Å². The zero-order valence-electron chi connectivity index (χ0n) is 22.5. The summed E-state index contributed by atoms with van der Waals surface area (Å²) in [6.45, 7) is -0.288. The fourth-order valence-corrected chi connectivity index (χ4v) is 11.8. The Balaban J connectivity index is 1.48. The van der Waals surface area contributed by atoms with E-state index in [1.807, 2.05) is 0 Å². The highest BCUT2D eigenvalue weighted by atomic mass is 32.2. The first-order valence-electron chi connectivity index (χ1n) is 13.5. The van der Waals surface area contributed by atoms with Gasteiger partial charge < -0.3 is 9.80 Å². The highest BCUT2D eigenvalue weighted by Crippen LogP contribution is 2.57. The van der Waals surface area contributed by atoms with E-state index in [0.29, 0.717) is 6.07 Å². The van der Waals surface area contributed by atoms with Gasteiger partial charge >= 0.3 is 24.1 Å². The van der Waals surface area contributed by atoms with Crippen molar-refractivity contribution in [3.05, 3.63) is 65.0 Å². The molecule has 3 aliphatic heterocycles. The fraction of sp³-hybridized carbons (Fsp3) is 0.519. The molecule has 1 aliphatic carbocycles. The Bertz CT molecular complexity index is 1730. The van der Waals surface area contributed by atoms with Crippen LogP contribution in [0.2, 0.25) is 0 Å². The van der Waals surface area contributed by atoms with Gasteiger partial charge in [-0.15, -0.1) is 0 Å². The van der Waals surface area contributed by atoms with Gasteiger partial charge in [0.15, 0.2) is 19.7 Å². The number of urea groups is 1. The number of carbonyl (C=O) groups excluding carboxylic acids is 1. The third kappa shape index (κ3) is 4.13. The summed E-state index contributed by atoms with van der Waals surface area (Å²) in [4.78, 5) is 16.0. The SMILES string of the molecule is O=C(N1C[C@H]2C[C@@H]1CS2(=O)=O)N1CC[C@@]2(S(=O)(=O)c3ccc(F)cc3)c3ccc(C(F)(C(F)(F)F)C(F)(F)F)cc3CC[C@@H]12. The highest BCUT2D eigenvalue weighted by Gasteiger charge is 2.74. The van der Waals surface area contributed by atoms with Gasteiger partial charge in [0, 0.05) is 24.7 Å². The first-order chi connectivity index (χ1) is 20.3. The molecule has 0 N–H and O–H groups in total. The minimum absolute atomic E-state index is 0.0970. The van der Waals surface area contributed by atoms with Crippen molar-refractivity contribution in [2.24, 2.45) is 0 Å². The molecule has 4 atom stereocenters. The third-order valence-electron chi connectivity index (χ3n) is 9.47. The predicted molar refractivity (Wildman–Crippen MR) is 138 cm³/mol. The van der Waals surface area contributed by atoms with Crippen LogP contribution < -0.4 is 0 Å². The fourth-order valence-electron chi connectivity index (χ4n) is 7.38. The lowest BCUT2D eigenvalue weighted by Crippen LogP contribution is -2.56. The van der Waals surface area contributed by atoms with Gasteiger partial charge in [0.25, 0.3) is 0 Å². The molecule has 17 heteroatoms. The van der Waals surface area contributed by atoms with Crippen LogP contribution in [0.4, 0.5) is 39.9 Å². The number of likely N-dealkylation sites (tertiary alicyclic amines) is 2. The molecule has 0 spiro atoms. The summed E-state index contributed by atoms with van der Waals surface area (Å²) in [5.74, 6) is -1.02. The first-order valence-corrected chi connectivity index (χ1v) is 16.7. The van der Waals surface area contributed by atoms with E-state index < -0.39 is 82.1 Å². The number of alkyl halides is 7. The van der Waals surface area contributed by atoms with Gasteiger partial charge in [-0.2, -0.15) is 26.3 Å². The second kappa shape index (κ2) is 9.53. The maximum atomic E-state index is 15.0. The van der Waals surface area contributed by atoms with Crippen LogP contribution in [-0.4, -0.2) is 81.2 Å². The molecule has 2 amide bonds. The van der Waals surface area contributed by atoms with Crippen LogP contribution >= 0.6 is 0 Å². The predicted octanol–water partition coefficient (Wildman–Crippen LogP) is 4.80. The lowest BCUT2D eigenvalue weighted by atomic mass is 9.77. The van der Waals surface area contributed by atoms with Gasteiger partial charge in [-0.3, -0.25) is 0 Å². The molecular weight excluding hydrogens is 648 g/mol. The zero-order valence-corrected chi connectivity index (χ0v) is 24.1. The van der Waals surface area contributed by atoms with Crippen LogP contribution in [0.1, 0.15) is 36.0 Å². The van der Waals surface area contributed by atoms with Crippen molar-refractivity contribution < 1.29 is 56.8 Å². The molecule has 3 saturated heterocycles. The van der Waals surface area contributed by atoms with Crippen molar-refractivity contribution in [3.8, 4) is 0 Å². The summed E-state index contributed by atoms with van der Waals surface area (Å²) < 4.78 is 161. The van der Waals surface area contributed by atoms with E-state index in [1.165, 1.54) is 9.80 Å². The van der Waals surface area contributed by atoms with E-state index in [0.717, 1.165) is 30.3 Å². The Morgan fingerprint density at radius 3 is 2.11 bits per heavy atom. The molecule has 240 valence electrons. The van der Waals surface area contributed by atoms with Gasteiger partial charge in [-0.1, -0.05) is 18.2 Å². The number of sulfone groups is 2. The second-order valence-electron chi connectivity index (χ2n) is 11.6. The van der Waals surface area contributed by atoms with Crippen molar-refractivity contribution in [2.75, 3.05) is 18.8 Å². The Hall–Kier alpha value is -2.95. The van der Waals surface area contributed by atoms with E-state index in [2.05, 4.69) is 0 Å². The second-order valence-corrected chi connectivity index (χ2v) is 16.2. The zero-order chi connectivity index (χ0) is 32.3. The molecule has 3 heterocycles. The largest absolute Gasteiger partial charge is 0.435 e. The molecule has 44 heavy (non-hydrogen) atoms. The molecule has 0 aromatic heterocycles. The molecule has 0 radical (unpaired) electrons.